The number of esters is 1. The van der Waals surface area contributed by atoms with E-state index >= 15 is 0 Å². The second kappa shape index (κ2) is 6.90. The van der Waals surface area contributed by atoms with Crippen molar-refractivity contribution in [3.05, 3.63) is 11.8 Å². The first-order chi connectivity index (χ1) is 10.9. The minimum atomic E-state index is -0.948. The van der Waals surface area contributed by atoms with Crippen molar-refractivity contribution in [3.8, 4) is 0 Å². The fraction of sp³-hybridized carbons (Fsp3) is 0.462. The summed E-state index contributed by atoms with van der Waals surface area (Å²) in [6.45, 7) is 1.48. The van der Waals surface area contributed by atoms with E-state index < -0.39 is 23.9 Å². The molecule has 2 amide bonds. The van der Waals surface area contributed by atoms with Crippen LogP contribution in [0.25, 0.3) is 0 Å². The maximum Gasteiger partial charge on any atom is 0.355 e. The van der Waals surface area contributed by atoms with Gasteiger partial charge in [-0.1, -0.05) is 10.3 Å². The topological polar surface area (TPSA) is 123 Å². The number of nitrogens with one attached hydrogen (secondary N) is 1. The van der Waals surface area contributed by atoms with Gasteiger partial charge in [0.15, 0.2) is 11.5 Å². The van der Waals surface area contributed by atoms with Gasteiger partial charge in [-0.05, 0) is 6.92 Å². The molecule has 23 heavy (non-hydrogen) atoms. The normalized spacial score (nSPS) is 16.3. The van der Waals surface area contributed by atoms with Gasteiger partial charge in [0, 0.05) is 19.5 Å². The summed E-state index contributed by atoms with van der Waals surface area (Å²) in [6.07, 6.45) is -0.948. The lowest BCUT2D eigenvalue weighted by Crippen LogP contribution is -2.41. The van der Waals surface area contributed by atoms with Gasteiger partial charge in [-0.3, -0.25) is 9.59 Å². The Balaban J connectivity index is 1.83. The third kappa shape index (κ3) is 4.05. The summed E-state index contributed by atoms with van der Waals surface area (Å²) in [5, 5.41) is 9.63. The Labute approximate surface area is 131 Å². The number of hydrogen-bond acceptors (Lipinski definition) is 8. The van der Waals surface area contributed by atoms with E-state index in [9.17, 15) is 14.4 Å². The molecule has 1 aliphatic heterocycles. The highest BCUT2D eigenvalue weighted by Crippen LogP contribution is 2.14. The number of oxime groups is 1. The summed E-state index contributed by atoms with van der Waals surface area (Å²) in [6, 6.07) is 1.55. The van der Waals surface area contributed by atoms with Gasteiger partial charge < -0.3 is 24.3 Å². The van der Waals surface area contributed by atoms with Crippen molar-refractivity contribution in [1.29, 1.82) is 0 Å². The van der Waals surface area contributed by atoms with E-state index in [1.165, 1.54) is 19.1 Å². The van der Waals surface area contributed by atoms with Gasteiger partial charge >= 0.3 is 5.97 Å². The molecule has 2 heterocycles. The van der Waals surface area contributed by atoms with Crippen LogP contribution in [0.1, 0.15) is 12.2 Å². The van der Waals surface area contributed by atoms with Crippen molar-refractivity contribution in [3.63, 3.8) is 0 Å². The molecule has 0 saturated carbocycles. The summed E-state index contributed by atoms with van der Waals surface area (Å²) < 4.78 is 9.32. The number of methoxy groups -OCH3 is 1. The van der Waals surface area contributed by atoms with Crippen LogP contribution in [0, 0.1) is 6.92 Å². The van der Waals surface area contributed by atoms with E-state index in [0.29, 0.717) is 5.76 Å². The number of nitrogens with zero attached hydrogens (tertiary/aromatic N) is 3. The predicted molar refractivity (Wildman–Crippen MR) is 76.4 cm³/mol. The third-order valence-electron chi connectivity index (χ3n) is 3.02. The van der Waals surface area contributed by atoms with E-state index in [0.717, 1.165) is 0 Å². The molecule has 10 heteroatoms. The Morgan fingerprint density at radius 3 is 2.83 bits per heavy atom. The molecular formula is C13H16N4O6. The number of anilines is 1. The zero-order chi connectivity index (χ0) is 17.0. The van der Waals surface area contributed by atoms with Gasteiger partial charge in [0.1, 0.15) is 5.76 Å². The average Bonchev–Trinajstić information content (AvgIpc) is 3.14. The fourth-order valence-electron chi connectivity index (χ4n) is 1.90. The molecule has 1 aromatic heterocycles. The van der Waals surface area contributed by atoms with Crippen molar-refractivity contribution in [2.24, 2.45) is 5.16 Å². The van der Waals surface area contributed by atoms with E-state index in [4.69, 9.17) is 9.36 Å². The maximum absolute atomic E-state index is 12.2. The molecule has 0 aliphatic carbocycles. The first-order valence-corrected chi connectivity index (χ1v) is 6.70. The van der Waals surface area contributed by atoms with Crippen molar-refractivity contribution >= 4 is 29.3 Å². The highest BCUT2D eigenvalue weighted by Gasteiger charge is 2.34. The quantitative estimate of drug-likeness (QED) is 0.737. The van der Waals surface area contributed by atoms with Crippen LogP contribution in [0.5, 0.6) is 0 Å². The fourth-order valence-corrected chi connectivity index (χ4v) is 1.90. The largest absolute Gasteiger partial charge is 0.464 e. The number of aromatic nitrogens is 1. The Morgan fingerprint density at radius 1 is 1.48 bits per heavy atom. The van der Waals surface area contributed by atoms with Gasteiger partial charge in [0.2, 0.25) is 12.0 Å². The minimum absolute atomic E-state index is 0.0000530. The molecule has 0 bridgehead atoms. The lowest BCUT2D eigenvalue weighted by molar-refractivity contribution is -0.142. The Hall–Kier alpha value is -2.91. The van der Waals surface area contributed by atoms with Crippen molar-refractivity contribution in [1.82, 2.24) is 10.1 Å². The molecule has 1 N–H and O–H groups in total. The first kappa shape index (κ1) is 16.5. The molecule has 0 aromatic carbocycles. The maximum atomic E-state index is 12.2. The van der Waals surface area contributed by atoms with Crippen LogP contribution in [-0.2, 0) is 24.0 Å². The van der Waals surface area contributed by atoms with Gasteiger partial charge in [0.05, 0.1) is 13.7 Å². The Morgan fingerprint density at radius 2 is 2.22 bits per heavy atom. The van der Waals surface area contributed by atoms with Crippen LogP contribution in [0.2, 0.25) is 0 Å². The van der Waals surface area contributed by atoms with Gasteiger partial charge in [-0.2, -0.15) is 0 Å². The van der Waals surface area contributed by atoms with Crippen LogP contribution in [0.15, 0.2) is 15.7 Å². The number of carbonyl (C=O) groups excluding carboxylic acids is 3. The SMILES string of the molecule is COC(=O)C1=NOC(C(=O)N(C)CC(=O)Nc2cc(C)on2)C1. The number of aryl methyl sites for hydroxylation is 1. The van der Waals surface area contributed by atoms with Gasteiger partial charge in [0.25, 0.3) is 5.91 Å². The molecular weight excluding hydrogens is 308 g/mol. The molecule has 0 saturated heterocycles. The minimum Gasteiger partial charge on any atom is -0.464 e. The number of carbonyl (C=O) groups is 3. The second-order valence-corrected chi connectivity index (χ2v) is 4.89. The highest BCUT2D eigenvalue weighted by atomic mass is 16.7. The summed E-state index contributed by atoms with van der Waals surface area (Å²) in [5.74, 6) is -0.749. The van der Waals surface area contributed by atoms with Crippen LogP contribution < -0.4 is 5.32 Å². The molecule has 10 nitrogen and oxygen atoms in total. The molecule has 1 aromatic rings. The van der Waals surface area contributed by atoms with E-state index in [1.807, 2.05) is 0 Å². The molecule has 0 radical (unpaired) electrons. The summed E-state index contributed by atoms with van der Waals surface area (Å²) >= 11 is 0. The average molecular weight is 324 g/mol. The van der Waals surface area contributed by atoms with Crippen LogP contribution in [0.3, 0.4) is 0 Å². The van der Waals surface area contributed by atoms with E-state index in [2.05, 4.69) is 20.4 Å². The second-order valence-electron chi connectivity index (χ2n) is 4.89. The lowest BCUT2D eigenvalue weighted by Gasteiger charge is -2.18. The molecule has 2 rings (SSSR count). The third-order valence-corrected chi connectivity index (χ3v) is 3.02. The van der Waals surface area contributed by atoms with Crippen LogP contribution in [0.4, 0.5) is 5.82 Å². The van der Waals surface area contributed by atoms with Crippen molar-refractivity contribution in [2.75, 3.05) is 26.0 Å². The van der Waals surface area contributed by atoms with E-state index in [1.54, 1.807) is 13.0 Å². The highest BCUT2D eigenvalue weighted by molar-refractivity contribution is 6.37. The predicted octanol–water partition coefficient (Wildman–Crippen LogP) is -0.302. The Kier molecular flexibility index (Phi) is 4.94. The van der Waals surface area contributed by atoms with Crippen molar-refractivity contribution < 1.29 is 28.5 Å². The summed E-state index contributed by atoms with van der Waals surface area (Å²) in [7, 11) is 2.65. The number of ether oxygens (including phenoxy) is 1. The van der Waals surface area contributed by atoms with Crippen LogP contribution in [-0.4, -0.2) is 60.4 Å². The zero-order valence-electron chi connectivity index (χ0n) is 12.9. The zero-order valence-corrected chi connectivity index (χ0v) is 12.9. The molecule has 1 aliphatic rings. The standard InChI is InChI=1S/C13H16N4O6/c1-7-4-10(16-22-7)14-11(18)6-17(2)12(19)9-5-8(15-23-9)13(20)21-3/h4,9H,5-6H2,1-3H3,(H,14,16,18). The van der Waals surface area contributed by atoms with Crippen LogP contribution >= 0.6 is 0 Å². The summed E-state index contributed by atoms with van der Waals surface area (Å²) in [4.78, 5) is 41.4. The summed E-state index contributed by atoms with van der Waals surface area (Å²) in [5.41, 5.74) is 0.0294. The molecule has 1 unspecified atom stereocenters. The number of likely N-dealkylation sites (N-methyl/N-ethyl adjacent to an activating group) is 1. The first-order valence-electron chi connectivity index (χ1n) is 6.70. The van der Waals surface area contributed by atoms with Gasteiger partial charge in [-0.25, -0.2) is 4.79 Å². The molecule has 0 fully saturated rings. The molecule has 124 valence electrons. The number of rotatable bonds is 5. The number of hydrogen-bond donors (Lipinski definition) is 1. The van der Waals surface area contributed by atoms with Crippen molar-refractivity contribution in [2.45, 2.75) is 19.4 Å². The molecule has 1 atom stereocenters. The molecule has 0 spiro atoms. The monoisotopic (exact) mass is 324 g/mol. The lowest BCUT2D eigenvalue weighted by atomic mass is 10.1. The Bertz CT molecular complexity index is 653. The van der Waals surface area contributed by atoms with Gasteiger partial charge in [-0.15, -0.1) is 0 Å². The smallest absolute Gasteiger partial charge is 0.355 e. The number of amides is 2. The van der Waals surface area contributed by atoms with E-state index in [-0.39, 0.29) is 24.5 Å².